The molecule has 0 radical (unpaired) electrons. The van der Waals surface area contributed by atoms with Gasteiger partial charge < -0.3 is 33.8 Å². The summed E-state index contributed by atoms with van der Waals surface area (Å²) in [6, 6.07) is 0. The van der Waals surface area contributed by atoms with Gasteiger partial charge in [-0.05, 0) is 89.9 Å². The van der Waals surface area contributed by atoms with E-state index in [9.17, 15) is 43.2 Å². The first-order valence-electron chi connectivity index (χ1n) is 36.8. The van der Waals surface area contributed by atoms with E-state index >= 15 is 0 Å². The zero-order valence-corrected chi connectivity index (χ0v) is 60.9. The summed E-state index contributed by atoms with van der Waals surface area (Å²) >= 11 is 0. The lowest BCUT2D eigenvalue weighted by atomic mass is 10.0. The fourth-order valence-electron chi connectivity index (χ4n) is 9.76. The first-order valence-corrected chi connectivity index (χ1v) is 39.8. The monoisotopic (exact) mass is 1370 g/mol. The molecule has 0 heterocycles. The lowest BCUT2D eigenvalue weighted by Crippen LogP contribution is -2.30. The number of hydrogen-bond acceptors (Lipinski definition) is 15. The van der Waals surface area contributed by atoms with Crippen molar-refractivity contribution in [1.29, 1.82) is 0 Å². The molecule has 0 rings (SSSR count). The topological polar surface area (TPSA) is 237 Å². The summed E-state index contributed by atoms with van der Waals surface area (Å²) < 4.78 is 68.3. The Morgan fingerprint density at radius 2 is 0.585 bits per heavy atom. The number of allylic oxidation sites excluding steroid dienone is 14. The second kappa shape index (κ2) is 67.8. The number of phosphoric ester groups is 2. The second-order valence-corrected chi connectivity index (χ2v) is 27.4. The smallest absolute Gasteiger partial charge is 0.462 e. The van der Waals surface area contributed by atoms with Gasteiger partial charge in [-0.1, -0.05) is 280 Å². The summed E-state index contributed by atoms with van der Waals surface area (Å²) in [5, 5.41) is 10.6. The SMILES string of the molecule is CC/C=C\C/C=C\C/C=C\C/C=C\C/C=C\CCCC(=O)OCC(COP(=O)(O)OCC(O)COP(=O)(O)OCC(COC(=O)CCCCCCC/C=C\C/C=C\CCC)OC(=O)CCCCCCCCCCCCC)OC(=O)CCCCCCCCCCCCCCC. The fourth-order valence-corrected chi connectivity index (χ4v) is 11.3. The Bertz CT molecular complexity index is 2120. The molecule has 94 heavy (non-hydrogen) atoms. The maximum absolute atomic E-state index is 13.0. The van der Waals surface area contributed by atoms with E-state index in [2.05, 4.69) is 101 Å². The van der Waals surface area contributed by atoms with Crippen LogP contribution in [0, 0.1) is 0 Å². The molecule has 0 saturated carbocycles. The number of rotatable bonds is 69. The number of hydrogen-bond donors (Lipinski definition) is 3. The van der Waals surface area contributed by atoms with Gasteiger partial charge in [-0.3, -0.25) is 37.3 Å². The van der Waals surface area contributed by atoms with E-state index in [-0.39, 0.29) is 25.7 Å². The number of carbonyl (C=O) groups is 4. The summed E-state index contributed by atoms with van der Waals surface area (Å²) in [6.45, 7) is 4.62. The average molecular weight is 1370 g/mol. The highest BCUT2D eigenvalue weighted by Crippen LogP contribution is 2.45. The summed E-state index contributed by atoms with van der Waals surface area (Å²) in [4.78, 5) is 72.6. The van der Waals surface area contributed by atoms with Crippen molar-refractivity contribution in [3.8, 4) is 0 Å². The van der Waals surface area contributed by atoms with Gasteiger partial charge in [0.2, 0.25) is 0 Å². The zero-order chi connectivity index (χ0) is 69.0. The maximum atomic E-state index is 13.0. The molecular weight excluding hydrogens is 1230 g/mol. The predicted molar refractivity (Wildman–Crippen MR) is 381 cm³/mol. The molecule has 0 aromatic rings. The molecule has 3 N–H and O–H groups in total. The van der Waals surface area contributed by atoms with Crippen LogP contribution in [0.2, 0.25) is 0 Å². The normalized spacial score (nSPS) is 14.5. The van der Waals surface area contributed by atoms with Crippen LogP contribution in [0.15, 0.2) is 85.1 Å². The molecule has 0 aliphatic heterocycles. The van der Waals surface area contributed by atoms with Crippen molar-refractivity contribution in [2.75, 3.05) is 39.6 Å². The largest absolute Gasteiger partial charge is 0.472 e. The molecule has 17 nitrogen and oxygen atoms in total. The third-order valence-corrected chi connectivity index (χ3v) is 17.3. The van der Waals surface area contributed by atoms with Gasteiger partial charge in [-0.25, -0.2) is 9.13 Å². The van der Waals surface area contributed by atoms with Crippen LogP contribution < -0.4 is 0 Å². The van der Waals surface area contributed by atoms with Crippen LogP contribution >= 0.6 is 15.6 Å². The molecule has 0 saturated heterocycles. The first kappa shape index (κ1) is 90.2. The van der Waals surface area contributed by atoms with Crippen LogP contribution in [-0.2, 0) is 65.4 Å². The van der Waals surface area contributed by atoms with Crippen LogP contribution in [0.3, 0.4) is 0 Å². The number of unbranched alkanes of at least 4 members (excludes halogenated alkanes) is 29. The minimum absolute atomic E-state index is 0.0858. The van der Waals surface area contributed by atoms with E-state index in [0.29, 0.717) is 32.1 Å². The van der Waals surface area contributed by atoms with Crippen LogP contribution in [0.5, 0.6) is 0 Å². The molecule has 0 aliphatic rings. The van der Waals surface area contributed by atoms with Gasteiger partial charge in [0, 0.05) is 25.7 Å². The van der Waals surface area contributed by atoms with E-state index in [0.717, 1.165) is 135 Å². The third kappa shape index (κ3) is 66.8. The molecular formula is C75H132O17P2. The molecule has 0 aliphatic carbocycles. The van der Waals surface area contributed by atoms with Gasteiger partial charge >= 0.3 is 39.5 Å². The van der Waals surface area contributed by atoms with Crippen LogP contribution in [0.4, 0.5) is 0 Å². The Morgan fingerprint density at radius 1 is 0.309 bits per heavy atom. The zero-order valence-electron chi connectivity index (χ0n) is 59.1. The minimum atomic E-state index is -4.98. The highest BCUT2D eigenvalue weighted by atomic mass is 31.2. The number of esters is 4. The maximum Gasteiger partial charge on any atom is 0.472 e. The van der Waals surface area contributed by atoms with Crippen molar-refractivity contribution < 1.29 is 80.2 Å². The number of ether oxygens (including phenoxy) is 4. The van der Waals surface area contributed by atoms with E-state index in [1.807, 2.05) is 12.2 Å². The summed E-state index contributed by atoms with van der Waals surface area (Å²) in [5.41, 5.74) is 0. The van der Waals surface area contributed by atoms with E-state index in [4.69, 9.17) is 37.0 Å². The van der Waals surface area contributed by atoms with Crippen LogP contribution in [-0.4, -0.2) is 96.7 Å². The Kier molecular flexibility index (Phi) is 65.1. The third-order valence-electron chi connectivity index (χ3n) is 15.4. The molecule has 5 atom stereocenters. The molecule has 0 aromatic carbocycles. The van der Waals surface area contributed by atoms with Gasteiger partial charge in [0.05, 0.1) is 26.4 Å². The summed E-state index contributed by atoms with van der Waals surface area (Å²) in [7, 11) is -9.95. The first-order chi connectivity index (χ1) is 45.7. The summed E-state index contributed by atoms with van der Waals surface area (Å²) in [6.07, 6.45) is 67.4. The molecule has 544 valence electrons. The second-order valence-electron chi connectivity index (χ2n) is 24.5. The summed E-state index contributed by atoms with van der Waals surface area (Å²) in [5.74, 6) is -2.24. The highest BCUT2D eigenvalue weighted by molar-refractivity contribution is 7.47. The van der Waals surface area contributed by atoms with Crippen molar-refractivity contribution in [2.45, 2.75) is 329 Å². The van der Waals surface area contributed by atoms with Gasteiger partial charge in [-0.2, -0.15) is 0 Å². The lowest BCUT2D eigenvalue weighted by molar-refractivity contribution is -0.161. The Balaban J connectivity index is 5.35. The quantitative estimate of drug-likeness (QED) is 0.0169. The van der Waals surface area contributed by atoms with Crippen molar-refractivity contribution >= 4 is 39.5 Å². The van der Waals surface area contributed by atoms with E-state index in [1.54, 1.807) is 0 Å². The Labute approximate surface area is 570 Å². The molecule has 0 fully saturated rings. The minimum Gasteiger partial charge on any atom is -0.462 e. The Hall–Kier alpha value is -3.76. The number of phosphoric acid groups is 2. The standard InChI is InChI=1S/C75H132O17P2/c1-5-9-13-17-21-25-29-32-33-34-35-38-41-44-48-52-56-60-73(78)86-66-71(92-75(80)62-58-54-50-46-42-37-31-27-23-19-15-11-7-3)68-90-94(83,84)88-64-69(76)63-87-93(81,82)89-67-70(91-74(79)61-57-53-49-45-39-28-24-20-16-12-8-4)65-85-72(77)59-55-51-47-43-40-36-30-26-22-18-14-10-6-2/h9,13-14,18,21,25-26,30,32-33,35,38,44,48,69-71,76H,5-8,10-12,15-17,19-20,22-24,27-29,31,34,36-37,39-43,45-47,49-68H2,1-4H3,(H,81,82)(H,83,84)/b13-9-,18-14-,25-21-,30-26-,33-32-,38-35-,48-44-. The lowest BCUT2D eigenvalue weighted by Gasteiger charge is -2.21. The number of aliphatic hydroxyl groups excluding tert-OH is 1. The van der Waals surface area contributed by atoms with Crippen LogP contribution in [0.25, 0.3) is 0 Å². The van der Waals surface area contributed by atoms with Crippen molar-refractivity contribution in [3.63, 3.8) is 0 Å². The molecule has 0 aromatic heterocycles. The van der Waals surface area contributed by atoms with E-state index < -0.39 is 97.5 Å². The van der Waals surface area contributed by atoms with E-state index in [1.165, 1.54) is 89.9 Å². The Morgan fingerprint density at radius 3 is 0.936 bits per heavy atom. The predicted octanol–water partition coefficient (Wildman–Crippen LogP) is 20.7. The molecule has 0 spiro atoms. The van der Waals surface area contributed by atoms with Gasteiger partial charge in [0.15, 0.2) is 12.2 Å². The highest BCUT2D eigenvalue weighted by Gasteiger charge is 2.30. The van der Waals surface area contributed by atoms with Gasteiger partial charge in [-0.15, -0.1) is 0 Å². The van der Waals surface area contributed by atoms with Crippen molar-refractivity contribution in [3.05, 3.63) is 85.1 Å². The molecule has 0 bridgehead atoms. The number of aliphatic hydroxyl groups is 1. The van der Waals surface area contributed by atoms with Gasteiger partial charge in [0.25, 0.3) is 0 Å². The molecule has 5 unspecified atom stereocenters. The van der Waals surface area contributed by atoms with Crippen LogP contribution in [0.1, 0.15) is 310 Å². The van der Waals surface area contributed by atoms with Crippen molar-refractivity contribution in [1.82, 2.24) is 0 Å². The molecule has 0 amide bonds. The average Bonchev–Trinajstić information content (AvgIpc) is 2.15. The fraction of sp³-hybridized carbons (Fsp3) is 0.760. The van der Waals surface area contributed by atoms with Crippen molar-refractivity contribution in [2.24, 2.45) is 0 Å². The van der Waals surface area contributed by atoms with Gasteiger partial charge in [0.1, 0.15) is 19.3 Å². The number of carbonyl (C=O) groups excluding carboxylic acids is 4. The molecule has 19 heteroatoms.